The Morgan fingerprint density at radius 3 is 2.30 bits per heavy atom. The van der Waals surface area contributed by atoms with Crippen LogP contribution in [0.15, 0.2) is 24.3 Å². The van der Waals surface area contributed by atoms with E-state index in [0.29, 0.717) is 48.9 Å². The van der Waals surface area contributed by atoms with Gasteiger partial charge >= 0.3 is 6.18 Å². The van der Waals surface area contributed by atoms with Crippen molar-refractivity contribution in [3.05, 3.63) is 51.9 Å². The molecular weight excluding hydrogens is 459 g/mol. The smallest absolute Gasteiger partial charge is 0.390 e. The van der Waals surface area contributed by atoms with Crippen molar-refractivity contribution in [3.8, 4) is 0 Å². The van der Waals surface area contributed by atoms with Crippen LogP contribution in [0.25, 0.3) is 0 Å². The van der Waals surface area contributed by atoms with Gasteiger partial charge < -0.3 is 14.9 Å². The number of rotatable bonds is 3. The Balaban J connectivity index is 1.43. The number of amides is 1. The summed E-state index contributed by atoms with van der Waals surface area (Å²) in [5, 5.41) is 11.3. The second-order valence-corrected chi connectivity index (χ2v) is 8.89. The normalized spacial score (nSPS) is 22.2. The Hall–Kier alpha value is -2.43. The monoisotopic (exact) mass is 483 g/mol. The predicted molar refractivity (Wildman–Crippen MR) is 117 cm³/mol. The molecule has 4 rings (SSSR count). The molecule has 2 unspecified atom stereocenters. The zero-order chi connectivity index (χ0) is 23.9. The van der Waals surface area contributed by atoms with Crippen LogP contribution in [0, 0.1) is 13.8 Å². The van der Waals surface area contributed by atoms with Crippen molar-refractivity contribution < 1.29 is 23.1 Å². The Labute approximate surface area is 194 Å². The molecule has 1 N–H and O–H groups in total. The van der Waals surface area contributed by atoms with Gasteiger partial charge in [-0.3, -0.25) is 9.69 Å². The highest BCUT2D eigenvalue weighted by atomic mass is 35.5. The number of aliphatic hydroxyl groups excluding tert-OH is 1. The molecule has 33 heavy (non-hydrogen) atoms. The molecule has 1 aromatic carbocycles. The number of aliphatic hydroxyl groups is 1. The quantitative estimate of drug-likeness (QED) is 0.724. The number of β-amino-alcohol motifs (C(OH)–C–C–N with tert-alkyl or cyclic N) is 1. The average Bonchev–Trinajstić information content (AvgIpc) is 3.16. The summed E-state index contributed by atoms with van der Waals surface area (Å²) in [6.07, 6.45) is -5.38. The van der Waals surface area contributed by atoms with Crippen molar-refractivity contribution in [1.29, 1.82) is 0 Å². The third-order valence-corrected chi connectivity index (χ3v) is 6.59. The van der Waals surface area contributed by atoms with Gasteiger partial charge in [0, 0.05) is 61.1 Å². The highest BCUT2D eigenvalue weighted by Gasteiger charge is 2.40. The van der Waals surface area contributed by atoms with Crippen LogP contribution >= 0.6 is 11.6 Å². The Bertz CT molecular complexity index is 1030. The van der Waals surface area contributed by atoms with Crippen molar-refractivity contribution >= 4 is 23.3 Å². The molecule has 0 radical (unpaired) electrons. The summed E-state index contributed by atoms with van der Waals surface area (Å²) in [5.41, 5.74) is 1.39. The highest BCUT2D eigenvalue weighted by molar-refractivity contribution is 6.30. The van der Waals surface area contributed by atoms with Gasteiger partial charge in [0.1, 0.15) is 5.82 Å². The van der Waals surface area contributed by atoms with E-state index < -0.39 is 18.1 Å². The van der Waals surface area contributed by atoms with Gasteiger partial charge in [-0.15, -0.1) is 0 Å². The van der Waals surface area contributed by atoms with Crippen LogP contribution in [0.5, 0.6) is 0 Å². The van der Waals surface area contributed by atoms with Crippen LogP contribution in [0.1, 0.15) is 27.4 Å². The number of carbonyl (C=O) groups excluding carboxylic acids is 1. The maximum absolute atomic E-state index is 13.2. The van der Waals surface area contributed by atoms with E-state index in [1.807, 2.05) is 0 Å². The number of nitrogens with zero attached hydrogens (tertiary/aromatic N) is 5. The Kier molecular flexibility index (Phi) is 6.52. The maximum Gasteiger partial charge on any atom is 0.451 e. The van der Waals surface area contributed by atoms with Crippen LogP contribution in [0.2, 0.25) is 5.02 Å². The van der Waals surface area contributed by atoms with Crippen LogP contribution in [0.3, 0.4) is 0 Å². The molecule has 2 aliphatic heterocycles. The SMILES string of the molecule is Cc1nc(C(F)(F)F)nc(N2CC(O)C(N3CCN(C(=O)c4ccc(Cl)cc4)CC3)C2)c1C. The minimum atomic E-state index is -4.64. The summed E-state index contributed by atoms with van der Waals surface area (Å²) >= 11 is 5.89. The Morgan fingerprint density at radius 1 is 1.06 bits per heavy atom. The van der Waals surface area contributed by atoms with E-state index in [-0.39, 0.29) is 30.0 Å². The summed E-state index contributed by atoms with van der Waals surface area (Å²) in [5.74, 6) is -1.05. The van der Waals surface area contributed by atoms with Crippen LogP contribution in [-0.2, 0) is 6.18 Å². The largest absolute Gasteiger partial charge is 0.451 e. The maximum atomic E-state index is 13.2. The van der Waals surface area contributed by atoms with Gasteiger partial charge in [0.2, 0.25) is 5.82 Å². The summed E-state index contributed by atoms with van der Waals surface area (Å²) < 4.78 is 39.6. The van der Waals surface area contributed by atoms with Crippen molar-refractivity contribution in [2.24, 2.45) is 0 Å². The van der Waals surface area contributed by atoms with E-state index in [4.69, 9.17) is 11.6 Å². The molecule has 0 saturated carbocycles. The summed E-state index contributed by atoms with van der Waals surface area (Å²) in [6.45, 7) is 5.85. The first kappa shape index (κ1) is 23.7. The summed E-state index contributed by atoms with van der Waals surface area (Å²) in [7, 11) is 0. The molecule has 2 saturated heterocycles. The molecule has 0 spiro atoms. The Morgan fingerprint density at radius 2 is 1.70 bits per heavy atom. The topological polar surface area (TPSA) is 72.8 Å². The second kappa shape index (κ2) is 9.08. The molecule has 2 aromatic rings. The van der Waals surface area contributed by atoms with Crippen molar-refractivity contribution in [3.63, 3.8) is 0 Å². The molecular formula is C22H25ClF3N5O2. The molecule has 1 aromatic heterocycles. The lowest BCUT2D eigenvalue weighted by atomic mass is 10.1. The minimum Gasteiger partial charge on any atom is -0.390 e. The second-order valence-electron chi connectivity index (χ2n) is 8.45. The number of alkyl halides is 3. The van der Waals surface area contributed by atoms with E-state index in [2.05, 4.69) is 14.9 Å². The number of aryl methyl sites for hydroxylation is 1. The molecule has 0 aliphatic carbocycles. The minimum absolute atomic E-state index is 0.0771. The lowest BCUT2D eigenvalue weighted by molar-refractivity contribution is -0.145. The molecule has 3 heterocycles. The highest BCUT2D eigenvalue weighted by Crippen LogP contribution is 2.32. The van der Waals surface area contributed by atoms with Crippen molar-refractivity contribution in [2.75, 3.05) is 44.2 Å². The van der Waals surface area contributed by atoms with Gasteiger partial charge in [-0.05, 0) is 38.1 Å². The molecule has 1 amide bonds. The molecule has 178 valence electrons. The number of hydrogen-bond donors (Lipinski definition) is 1. The fourth-order valence-corrected chi connectivity index (χ4v) is 4.51. The number of anilines is 1. The van der Waals surface area contributed by atoms with Crippen LogP contribution < -0.4 is 4.90 Å². The number of hydrogen-bond acceptors (Lipinski definition) is 6. The first-order valence-electron chi connectivity index (χ1n) is 10.7. The van der Waals surface area contributed by atoms with E-state index in [1.165, 1.54) is 6.92 Å². The van der Waals surface area contributed by atoms with E-state index >= 15 is 0 Å². The van der Waals surface area contributed by atoms with Gasteiger partial charge in [0.15, 0.2) is 0 Å². The number of piperazine rings is 1. The number of aromatic nitrogens is 2. The fourth-order valence-electron chi connectivity index (χ4n) is 4.38. The summed E-state index contributed by atoms with van der Waals surface area (Å²) in [4.78, 5) is 25.6. The molecule has 2 aliphatic rings. The van der Waals surface area contributed by atoms with Crippen LogP contribution in [0.4, 0.5) is 19.0 Å². The summed E-state index contributed by atoms with van der Waals surface area (Å²) in [6, 6.07) is 6.47. The molecule has 0 bridgehead atoms. The van der Waals surface area contributed by atoms with Crippen LogP contribution in [-0.4, -0.2) is 82.2 Å². The van der Waals surface area contributed by atoms with Gasteiger partial charge in [-0.1, -0.05) is 11.6 Å². The first-order valence-corrected chi connectivity index (χ1v) is 11.1. The number of carbonyl (C=O) groups is 1. The number of benzene rings is 1. The molecule has 2 atom stereocenters. The fraction of sp³-hybridized carbons (Fsp3) is 0.500. The number of halogens is 4. The lowest BCUT2D eigenvalue weighted by Crippen LogP contribution is -2.54. The van der Waals surface area contributed by atoms with Gasteiger partial charge in [-0.2, -0.15) is 13.2 Å². The zero-order valence-electron chi connectivity index (χ0n) is 18.3. The third kappa shape index (κ3) is 4.92. The lowest BCUT2D eigenvalue weighted by Gasteiger charge is -2.38. The van der Waals surface area contributed by atoms with Gasteiger partial charge in [-0.25, -0.2) is 9.97 Å². The van der Waals surface area contributed by atoms with Gasteiger partial charge in [0.05, 0.1) is 12.1 Å². The van der Waals surface area contributed by atoms with E-state index in [0.717, 1.165) is 0 Å². The average molecular weight is 484 g/mol. The van der Waals surface area contributed by atoms with Crippen molar-refractivity contribution in [2.45, 2.75) is 32.2 Å². The standard InChI is InChI=1S/C22H25ClF3N5O2/c1-13-14(2)27-21(22(24,25)26)28-19(13)31-11-17(18(32)12-31)29-7-9-30(10-8-29)20(33)15-3-5-16(23)6-4-15/h3-6,17-18,32H,7-12H2,1-2H3. The zero-order valence-corrected chi connectivity index (χ0v) is 19.1. The predicted octanol–water partition coefficient (Wildman–Crippen LogP) is 2.77. The van der Waals surface area contributed by atoms with E-state index in [9.17, 15) is 23.1 Å². The van der Waals surface area contributed by atoms with Gasteiger partial charge in [0.25, 0.3) is 5.91 Å². The third-order valence-electron chi connectivity index (χ3n) is 6.34. The molecule has 7 nitrogen and oxygen atoms in total. The first-order chi connectivity index (χ1) is 15.5. The van der Waals surface area contributed by atoms with Crippen molar-refractivity contribution in [1.82, 2.24) is 19.8 Å². The molecule has 2 fully saturated rings. The molecule has 11 heteroatoms. The van der Waals surface area contributed by atoms with E-state index in [1.54, 1.807) is 41.0 Å².